The molecule has 13 nitrogen and oxygen atoms in total. The number of fused-ring (bicyclic) bond motifs is 3. The van der Waals surface area contributed by atoms with Crippen molar-refractivity contribution in [3.63, 3.8) is 0 Å². The van der Waals surface area contributed by atoms with Crippen molar-refractivity contribution < 1.29 is 14.4 Å². The summed E-state index contributed by atoms with van der Waals surface area (Å²) in [6, 6.07) is 14.6. The van der Waals surface area contributed by atoms with E-state index in [0.717, 1.165) is 94.7 Å². The number of nitrogens with one attached hydrogen (secondary N) is 3. The van der Waals surface area contributed by atoms with Crippen LogP contribution in [0.25, 0.3) is 10.9 Å². The molecule has 2 saturated heterocycles. The molecule has 0 radical (unpaired) electrons. The van der Waals surface area contributed by atoms with Gasteiger partial charge in [0.05, 0.1) is 10.9 Å². The lowest BCUT2D eigenvalue weighted by Gasteiger charge is -2.33. The monoisotopic (exact) mass is 820 g/mol. The number of anilines is 3. The lowest BCUT2D eigenvalue weighted by atomic mass is 9.89. The first kappa shape index (κ1) is 41.2. The minimum Gasteiger partial charge on any atom is -0.371 e. The topological polar surface area (TPSA) is 141 Å². The first-order valence-electron chi connectivity index (χ1n) is 21.8. The Morgan fingerprint density at radius 3 is 2.44 bits per heavy atom. The number of hydrogen-bond acceptors (Lipinski definition) is 11. The molecule has 314 valence electrons. The molecule has 3 aliphatic heterocycles. The Kier molecular flexibility index (Phi) is 12.8. The number of carbonyl (C=O) groups is 3. The normalized spacial score (nSPS) is 20.0. The van der Waals surface area contributed by atoms with E-state index in [1.807, 2.05) is 36.9 Å². The van der Waals surface area contributed by atoms with Gasteiger partial charge in [0.25, 0.3) is 0 Å². The molecular formula is C45H60N10O3S. The van der Waals surface area contributed by atoms with E-state index in [1.54, 1.807) is 0 Å². The first-order valence-corrected chi connectivity index (χ1v) is 22.5. The fourth-order valence-electron chi connectivity index (χ4n) is 9.68. The van der Waals surface area contributed by atoms with Crippen molar-refractivity contribution in [3.8, 4) is 0 Å². The molecule has 4 aromatic rings. The van der Waals surface area contributed by atoms with Crippen LogP contribution in [-0.2, 0) is 33.4 Å². The highest BCUT2D eigenvalue weighted by Crippen LogP contribution is 2.57. The van der Waals surface area contributed by atoms with Gasteiger partial charge >= 0.3 is 0 Å². The number of nitrogens with zero attached hydrogens (tertiary/aromatic N) is 7. The van der Waals surface area contributed by atoms with Gasteiger partial charge in [0.15, 0.2) is 5.82 Å². The van der Waals surface area contributed by atoms with Crippen LogP contribution in [0.5, 0.6) is 0 Å². The molecule has 9 rings (SSSR count). The second kappa shape index (κ2) is 18.4. The van der Waals surface area contributed by atoms with Crippen LogP contribution in [0.1, 0.15) is 105 Å². The van der Waals surface area contributed by atoms with Crippen molar-refractivity contribution in [2.45, 2.75) is 119 Å². The molecule has 0 unspecified atom stereocenters. The van der Waals surface area contributed by atoms with Crippen LogP contribution in [0.3, 0.4) is 0 Å². The molecule has 2 aliphatic carbocycles. The van der Waals surface area contributed by atoms with Crippen molar-refractivity contribution in [1.29, 1.82) is 0 Å². The summed E-state index contributed by atoms with van der Waals surface area (Å²) in [5.41, 5.74) is 6.14. The summed E-state index contributed by atoms with van der Waals surface area (Å²) in [7, 11) is 3.97. The standard InChI is InChI=1S/C41H53N9OS.C4H7NO2/c1-27-21-28(26-48-17-11-29(12-18-48)30-9-10-34-36(24-30)47(3)46-37(34)42-2)23-33(22-27)52-49-19-13-31(14-20-49)44-40-43-25-35-38(45-40)50(32-7-5-4-6-8-32)39(51)41(35)15-16-41;6-3-1-2-5-4-7/h9-10,21-25,29,31-32H,4-8,11-20,26H2,1-3H3,(H,42,46)(H,43,44,45);3-4H,1-2H2,(H,5,7). The number of piperidine rings is 2. The fourth-order valence-corrected chi connectivity index (χ4v) is 10.8. The van der Waals surface area contributed by atoms with E-state index >= 15 is 0 Å². The quantitative estimate of drug-likeness (QED) is 0.0754. The van der Waals surface area contributed by atoms with Gasteiger partial charge in [-0.25, -0.2) is 9.29 Å². The Balaban J connectivity index is 0.000000637. The molecule has 0 atom stereocenters. The number of aldehydes is 1. The average Bonchev–Trinajstić information content (AvgIpc) is 3.94. The van der Waals surface area contributed by atoms with Crippen LogP contribution in [0.2, 0.25) is 0 Å². The Bertz CT molecular complexity index is 2110. The first-order chi connectivity index (χ1) is 28.8. The van der Waals surface area contributed by atoms with Crippen LogP contribution < -0.4 is 20.9 Å². The lowest BCUT2D eigenvalue weighted by molar-refractivity contribution is -0.120. The van der Waals surface area contributed by atoms with E-state index in [1.165, 1.54) is 64.6 Å². The molecular weight excluding hydrogens is 761 g/mol. The van der Waals surface area contributed by atoms with Crippen molar-refractivity contribution in [3.05, 3.63) is 64.8 Å². The van der Waals surface area contributed by atoms with E-state index in [2.05, 4.69) is 78.5 Å². The number of benzene rings is 2. The van der Waals surface area contributed by atoms with Crippen molar-refractivity contribution in [2.75, 3.05) is 55.3 Å². The third-order valence-corrected chi connectivity index (χ3v) is 14.1. The van der Waals surface area contributed by atoms with E-state index < -0.39 is 0 Å². The number of carbonyl (C=O) groups excluding carboxylic acids is 3. The van der Waals surface area contributed by atoms with Gasteiger partial charge in [-0.3, -0.25) is 24.1 Å². The second-order valence-corrected chi connectivity index (χ2v) is 18.3. The van der Waals surface area contributed by atoms with Gasteiger partial charge in [-0.15, -0.1) is 0 Å². The summed E-state index contributed by atoms with van der Waals surface area (Å²) in [5.74, 6) is 3.41. The maximum Gasteiger partial charge on any atom is 0.239 e. The van der Waals surface area contributed by atoms with Crippen molar-refractivity contribution >= 4 is 59.0 Å². The zero-order valence-corrected chi connectivity index (χ0v) is 35.7. The minimum atomic E-state index is -0.325. The van der Waals surface area contributed by atoms with Gasteiger partial charge in [0, 0.05) is 80.8 Å². The minimum absolute atomic E-state index is 0.286. The van der Waals surface area contributed by atoms with Gasteiger partial charge in [-0.1, -0.05) is 31.4 Å². The van der Waals surface area contributed by atoms with E-state index in [9.17, 15) is 14.4 Å². The zero-order valence-electron chi connectivity index (χ0n) is 34.9. The number of aromatic nitrogens is 4. The van der Waals surface area contributed by atoms with Crippen LogP contribution in [0, 0.1) is 6.92 Å². The predicted octanol–water partition coefficient (Wildman–Crippen LogP) is 6.71. The van der Waals surface area contributed by atoms with Crippen LogP contribution in [0.4, 0.5) is 17.6 Å². The second-order valence-electron chi connectivity index (χ2n) is 17.1. The SMILES string of the molecule is CNc1nn(C)c2cc(C3CCN(Cc4cc(C)cc(SN5CCC(Nc6ncc7c(n6)N(C6CCCCC6)C(=O)C76CC6)CC5)c4)CC3)ccc12.O=CCCNC=O. The maximum atomic E-state index is 13.6. The Morgan fingerprint density at radius 1 is 0.949 bits per heavy atom. The summed E-state index contributed by atoms with van der Waals surface area (Å²) in [5, 5.41) is 15.0. The smallest absolute Gasteiger partial charge is 0.239 e. The van der Waals surface area contributed by atoms with Crippen LogP contribution in [-0.4, -0.2) is 99.4 Å². The van der Waals surface area contributed by atoms with Crippen molar-refractivity contribution in [2.24, 2.45) is 7.05 Å². The van der Waals surface area contributed by atoms with Gasteiger partial charge < -0.3 is 20.7 Å². The number of likely N-dealkylation sites (tertiary alicyclic amines) is 1. The fraction of sp³-hybridized carbons (Fsp3) is 0.556. The number of rotatable bonds is 13. The number of hydrogen-bond donors (Lipinski definition) is 3. The lowest BCUT2D eigenvalue weighted by Crippen LogP contribution is -2.42. The molecule has 3 N–H and O–H groups in total. The molecule has 4 fully saturated rings. The summed E-state index contributed by atoms with van der Waals surface area (Å²) in [4.78, 5) is 48.4. The van der Waals surface area contributed by atoms with Gasteiger partial charge in [0.2, 0.25) is 18.3 Å². The highest BCUT2D eigenvalue weighted by molar-refractivity contribution is 7.97. The molecule has 2 aromatic heterocycles. The molecule has 0 bridgehead atoms. The molecule has 59 heavy (non-hydrogen) atoms. The number of aryl methyl sites for hydroxylation is 2. The highest BCUT2D eigenvalue weighted by atomic mass is 32.2. The summed E-state index contributed by atoms with van der Waals surface area (Å²) in [6.07, 6.45) is 15.9. The third-order valence-electron chi connectivity index (χ3n) is 13.0. The maximum absolute atomic E-state index is 13.6. The Hall–Kier alpha value is -4.53. The van der Waals surface area contributed by atoms with Gasteiger partial charge in [-0.2, -0.15) is 10.1 Å². The predicted molar refractivity (Wildman–Crippen MR) is 235 cm³/mol. The molecule has 5 aliphatic rings. The highest BCUT2D eigenvalue weighted by Gasteiger charge is 2.61. The Morgan fingerprint density at radius 2 is 1.73 bits per heavy atom. The van der Waals surface area contributed by atoms with Gasteiger partial charge in [-0.05, 0) is 130 Å². The zero-order chi connectivity index (χ0) is 40.9. The summed E-state index contributed by atoms with van der Waals surface area (Å²) >= 11 is 1.91. The van der Waals surface area contributed by atoms with E-state index in [4.69, 9.17) is 9.97 Å². The largest absolute Gasteiger partial charge is 0.371 e. The average molecular weight is 821 g/mol. The van der Waals surface area contributed by atoms with E-state index in [-0.39, 0.29) is 11.3 Å². The Labute approximate surface area is 352 Å². The van der Waals surface area contributed by atoms with Crippen LogP contribution >= 0.6 is 11.9 Å². The number of amides is 2. The van der Waals surface area contributed by atoms with Gasteiger partial charge in [0.1, 0.15) is 12.1 Å². The molecule has 5 heterocycles. The molecule has 1 spiro atoms. The third kappa shape index (κ3) is 9.14. The molecule has 2 saturated carbocycles. The summed E-state index contributed by atoms with van der Waals surface area (Å²) in [6.45, 7) is 7.96. The molecule has 2 aromatic carbocycles. The molecule has 2 amide bonds. The van der Waals surface area contributed by atoms with Crippen LogP contribution in [0.15, 0.2) is 47.5 Å². The van der Waals surface area contributed by atoms with E-state index in [0.29, 0.717) is 43.3 Å². The summed E-state index contributed by atoms with van der Waals surface area (Å²) < 4.78 is 4.51. The molecule has 14 heteroatoms. The van der Waals surface area contributed by atoms with Crippen molar-refractivity contribution in [1.82, 2.24) is 34.3 Å².